The van der Waals surface area contributed by atoms with Gasteiger partial charge in [0.1, 0.15) is 12.2 Å². The Kier molecular flexibility index (Phi) is 6.65. The summed E-state index contributed by atoms with van der Waals surface area (Å²) in [6.45, 7) is 4.21. The zero-order chi connectivity index (χ0) is 23.6. The molecule has 1 amide bonds. The van der Waals surface area contributed by atoms with Crippen LogP contribution in [-0.2, 0) is 14.3 Å². The molecule has 1 aromatic rings. The highest BCUT2D eigenvalue weighted by Crippen LogP contribution is 2.37. The first kappa shape index (κ1) is 23.5. The van der Waals surface area contributed by atoms with E-state index in [4.69, 9.17) is 19.0 Å². The van der Waals surface area contributed by atoms with E-state index in [2.05, 4.69) is 9.89 Å². The lowest BCUT2D eigenvalue weighted by atomic mass is 9.93. The number of hydrogen-bond acceptors (Lipinski definition) is 7. The molecule has 4 rings (SSSR count). The molecule has 2 saturated heterocycles. The van der Waals surface area contributed by atoms with Gasteiger partial charge in [-0.05, 0) is 51.8 Å². The van der Waals surface area contributed by atoms with Gasteiger partial charge >= 0.3 is 12.7 Å². The van der Waals surface area contributed by atoms with Crippen LogP contribution in [0.3, 0.4) is 0 Å². The number of oxime groups is 1. The lowest BCUT2D eigenvalue weighted by Gasteiger charge is -2.28. The predicted octanol–water partition coefficient (Wildman–Crippen LogP) is 4.35. The van der Waals surface area contributed by atoms with Crippen LogP contribution in [0.2, 0.25) is 0 Å². The lowest BCUT2D eigenvalue weighted by Crippen LogP contribution is -2.42. The molecule has 0 aromatic heterocycles. The highest BCUT2D eigenvalue weighted by atomic mass is 19.3. The quantitative estimate of drug-likeness (QED) is 0.618. The second-order valence-electron chi connectivity index (χ2n) is 9.61. The third-order valence-electron chi connectivity index (χ3n) is 5.84. The summed E-state index contributed by atoms with van der Waals surface area (Å²) in [4.78, 5) is 19.8. The molecule has 2 atom stereocenters. The van der Waals surface area contributed by atoms with Crippen molar-refractivity contribution >= 4 is 11.8 Å². The lowest BCUT2D eigenvalue weighted by molar-refractivity contribution is -0.0516. The topological polar surface area (TPSA) is 78.8 Å². The van der Waals surface area contributed by atoms with Crippen LogP contribution in [0.5, 0.6) is 11.5 Å². The minimum absolute atomic E-state index is 0.0750. The van der Waals surface area contributed by atoms with Gasteiger partial charge in [-0.2, -0.15) is 8.78 Å². The highest BCUT2D eigenvalue weighted by molar-refractivity contribution is 6.02. The fraction of sp³-hybridized carbons (Fsp3) is 0.652. The molecule has 0 saturated carbocycles. The summed E-state index contributed by atoms with van der Waals surface area (Å²) >= 11 is 0. The molecule has 182 valence electrons. The molecule has 1 spiro atoms. The molecule has 1 unspecified atom stereocenters. The predicted molar refractivity (Wildman–Crippen MR) is 115 cm³/mol. The number of rotatable bonds is 6. The van der Waals surface area contributed by atoms with E-state index in [0.29, 0.717) is 37.5 Å². The summed E-state index contributed by atoms with van der Waals surface area (Å²) < 4.78 is 47.4. The Hall–Kier alpha value is -2.62. The van der Waals surface area contributed by atoms with Crippen molar-refractivity contribution in [3.8, 4) is 11.5 Å². The molecule has 0 N–H and O–H groups in total. The Morgan fingerprint density at radius 1 is 1.33 bits per heavy atom. The van der Waals surface area contributed by atoms with Gasteiger partial charge in [-0.25, -0.2) is 4.79 Å². The standard InChI is InChI=1S/C23H30F2N2O6/c1-22(2,3)32-21(28)27-9-4-5-16(27)13-30-19-11-15(6-7-18(19)31-20(24)25)17-12-23(33-26-17)8-10-29-14-23/h6-7,11,16,20H,4-5,8-10,12-14H2,1-3H3/t16-,23?/m0/s1. The summed E-state index contributed by atoms with van der Waals surface area (Å²) in [6.07, 6.45) is 2.45. The molecule has 10 heteroatoms. The average molecular weight is 468 g/mol. The van der Waals surface area contributed by atoms with Crippen molar-refractivity contribution in [3.05, 3.63) is 23.8 Å². The molecule has 0 bridgehead atoms. The van der Waals surface area contributed by atoms with Crippen molar-refractivity contribution in [1.29, 1.82) is 0 Å². The second-order valence-corrected chi connectivity index (χ2v) is 9.61. The van der Waals surface area contributed by atoms with Gasteiger partial charge in [-0.3, -0.25) is 0 Å². The maximum absolute atomic E-state index is 13.0. The van der Waals surface area contributed by atoms with Crippen LogP contribution < -0.4 is 9.47 Å². The Morgan fingerprint density at radius 3 is 2.85 bits per heavy atom. The monoisotopic (exact) mass is 468 g/mol. The molecule has 3 aliphatic heterocycles. The van der Waals surface area contributed by atoms with E-state index in [0.717, 1.165) is 19.3 Å². The number of carbonyl (C=O) groups is 1. The molecular weight excluding hydrogens is 438 g/mol. The van der Waals surface area contributed by atoms with Gasteiger partial charge in [0.05, 0.1) is 25.0 Å². The first-order chi connectivity index (χ1) is 15.6. The summed E-state index contributed by atoms with van der Waals surface area (Å²) in [6, 6.07) is 4.50. The summed E-state index contributed by atoms with van der Waals surface area (Å²) in [5.74, 6) is 0.0872. The fourth-order valence-corrected chi connectivity index (χ4v) is 4.23. The molecule has 3 heterocycles. The fourth-order valence-electron chi connectivity index (χ4n) is 4.23. The molecular formula is C23H30F2N2O6. The number of carbonyl (C=O) groups excluding carboxylic acids is 1. The first-order valence-corrected chi connectivity index (χ1v) is 11.2. The van der Waals surface area contributed by atoms with Crippen molar-refractivity contribution < 1.29 is 37.4 Å². The maximum atomic E-state index is 13.0. The van der Waals surface area contributed by atoms with Crippen LogP contribution in [0.4, 0.5) is 13.6 Å². The van der Waals surface area contributed by atoms with Crippen molar-refractivity contribution in [3.63, 3.8) is 0 Å². The van der Waals surface area contributed by atoms with Gasteiger partial charge in [-0.1, -0.05) is 5.16 Å². The third-order valence-corrected chi connectivity index (χ3v) is 5.84. The number of halogens is 2. The van der Waals surface area contributed by atoms with E-state index >= 15 is 0 Å². The largest absolute Gasteiger partial charge is 0.488 e. The van der Waals surface area contributed by atoms with Crippen molar-refractivity contribution in [1.82, 2.24) is 4.90 Å². The van der Waals surface area contributed by atoms with Crippen molar-refractivity contribution in [2.75, 3.05) is 26.4 Å². The Bertz CT molecular complexity index is 895. The van der Waals surface area contributed by atoms with Gasteiger partial charge in [0.2, 0.25) is 0 Å². The van der Waals surface area contributed by atoms with Crippen LogP contribution in [-0.4, -0.2) is 66.9 Å². The number of hydrogen-bond donors (Lipinski definition) is 0. The zero-order valence-corrected chi connectivity index (χ0v) is 19.1. The molecule has 2 fully saturated rings. The van der Waals surface area contributed by atoms with E-state index in [-0.39, 0.29) is 24.1 Å². The molecule has 0 aliphatic carbocycles. The Labute approximate surface area is 191 Å². The Morgan fingerprint density at radius 2 is 2.15 bits per heavy atom. The van der Waals surface area contributed by atoms with E-state index in [1.165, 1.54) is 6.07 Å². The number of likely N-dealkylation sites (tertiary alicyclic amines) is 1. The second kappa shape index (κ2) is 9.32. The SMILES string of the molecule is CC(C)(C)OC(=O)N1CCC[C@H]1COc1cc(C2=NOC3(CCOC3)C2)ccc1OC(F)F. The number of amides is 1. The Balaban J connectivity index is 1.47. The van der Waals surface area contributed by atoms with Crippen LogP contribution in [0.25, 0.3) is 0 Å². The molecule has 0 radical (unpaired) electrons. The van der Waals surface area contributed by atoms with Gasteiger partial charge in [0.15, 0.2) is 17.1 Å². The summed E-state index contributed by atoms with van der Waals surface area (Å²) in [7, 11) is 0. The number of nitrogens with zero attached hydrogens (tertiary/aromatic N) is 2. The van der Waals surface area contributed by atoms with E-state index in [1.54, 1.807) is 17.0 Å². The molecule has 3 aliphatic rings. The van der Waals surface area contributed by atoms with Crippen molar-refractivity contribution in [2.45, 2.75) is 70.3 Å². The van der Waals surface area contributed by atoms with Gasteiger partial charge in [0.25, 0.3) is 0 Å². The van der Waals surface area contributed by atoms with Crippen LogP contribution >= 0.6 is 0 Å². The van der Waals surface area contributed by atoms with Crippen LogP contribution in [0.1, 0.15) is 52.0 Å². The number of benzene rings is 1. The maximum Gasteiger partial charge on any atom is 0.410 e. The van der Waals surface area contributed by atoms with Gasteiger partial charge in [-0.15, -0.1) is 0 Å². The highest BCUT2D eigenvalue weighted by Gasteiger charge is 2.43. The normalized spacial score (nSPS) is 24.8. The molecule has 1 aromatic carbocycles. The third kappa shape index (κ3) is 5.66. The zero-order valence-electron chi connectivity index (χ0n) is 19.1. The van der Waals surface area contributed by atoms with E-state index in [9.17, 15) is 13.6 Å². The van der Waals surface area contributed by atoms with Crippen LogP contribution in [0, 0.1) is 0 Å². The molecule has 8 nitrogen and oxygen atoms in total. The number of alkyl halides is 2. The summed E-state index contributed by atoms with van der Waals surface area (Å²) in [5, 5.41) is 4.20. The van der Waals surface area contributed by atoms with Crippen molar-refractivity contribution in [2.24, 2.45) is 5.16 Å². The van der Waals surface area contributed by atoms with Gasteiger partial charge in [0, 0.05) is 24.9 Å². The van der Waals surface area contributed by atoms with Crippen LogP contribution in [0.15, 0.2) is 23.4 Å². The number of ether oxygens (including phenoxy) is 4. The first-order valence-electron chi connectivity index (χ1n) is 11.2. The average Bonchev–Trinajstić information content (AvgIpc) is 3.48. The molecule has 33 heavy (non-hydrogen) atoms. The van der Waals surface area contributed by atoms with E-state index < -0.39 is 23.9 Å². The smallest absolute Gasteiger partial charge is 0.410 e. The minimum atomic E-state index is -2.99. The van der Waals surface area contributed by atoms with E-state index in [1.807, 2.05) is 20.8 Å². The minimum Gasteiger partial charge on any atom is -0.488 e. The summed E-state index contributed by atoms with van der Waals surface area (Å²) in [5.41, 5.74) is 0.339. The van der Waals surface area contributed by atoms with Gasteiger partial charge < -0.3 is 28.7 Å².